The Morgan fingerprint density at radius 3 is 2.55 bits per heavy atom. The van der Waals surface area contributed by atoms with Crippen molar-refractivity contribution in [2.45, 2.75) is 70.9 Å². The van der Waals surface area contributed by atoms with Crippen LogP contribution < -0.4 is 5.32 Å². The molecule has 7 nitrogen and oxygen atoms in total. The van der Waals surface area contributed by atoms with E-state index in [1.807, 2.05) is 32.7 Å². The van der Waals surface area contributed by atoms with Gasteiger partial charge in [0, 0.05) is 46.9 Å². The van der Waals surface area contributed by atoms with E-state index in [9.17, 15) is 4.79 Å². The highest BCUT2D eigenvalue weighted by molar-refractivity contribution is 14.0. The molecule has 0 spiro atoms. The summed E-state index contributed by atoms with van der Waals surface area (Å²) in [6.45, 7) is 9.97. The molecular weight excluding hydrogens is 483 g/mol. The van der Waals surface area contributed by atoms with E-state index >= 15 is 0 Å². The molecule has 1 atom stereocenters. The Kier molecular flexibility index (Phi) is 11.6. The van der Waals surface area contributed by atoms with Crippen LogP contribution in [0.1, 0.15) is 59.3 Å². The first kappa shape index (κ1) is 26.3. The Hall–Kier alpha value is -0.770. The number of nitrogens with zero attached hydrogens (tertiary/aromatic N) is 3. The SMILES string of the molecule is CN=C(NCC1CCCCN1C(=O)OC(C)(C)C)N(C)CCC1CCOCC1.I. The molecule has 1 amide bonds. The average molecular weight is 524 g/mol. The molecule has 0 bridgehead atoms. The van der Waals surface area contributed by atoms with Crippen LogP contribution in [-0.4, -0.2) is 80.4 Å². The summed E-state index contributed by atoms with van der Waals surface area (Å²) >= 11 is 0. The van der Waals surface area contributed by atoms with E-state index in [2.05, 4.69) is 22.3 Å². The third-order valence-corrected chi connectivity index (χ3v) is 5.54. The number of ether oxygens (including phenoxy) is 2. The lowest BCUT2D eigenvalue weighted by molar-refractivity contribution is 0.0103. The van der Waals surface area contributed by atoms with Crippen LogP contribution in [0.2, 0.25) is 0 Å². The summed E-state index contributed by atoms with van der Waals surface area (Å²) in [7, 11) is 3.90. The van der Waals surface area contributed by atoms with Crippen LogP contribution in [0.5, 0.6) is 0 Å². The van der Waals surface area contributed by atoms with Crippen LogP contribution in [0.3, 0.4) is 0 Å². The summed E-state index contributed by atoms with van der Waals surface area (Å²) in [5.74, 6) is 1.64. The lowest BCUT2D eigenvalue weighted by Crippen LogP contribution is -2.52. The zero-order chi connectivity index (χ0) is 20.6. The second kappa shape index (κ2) is 12.8. The molecule has 0 aromatic heterocycles. The number of halogens is 1. The Morgan fingerprint density at radius 2 is 1.93 bits per heavy atom. The van der Waals surface area contributed by atoms with Gasteiger partial charge in [0.15, 0.2) is 5.96 Å². The fraction of sp³-hybridized carbons (Fsp3) is 0.905. The fourth-order valence-corrected chi connectivity index (χ4v) is 3.88. The molecule has 0 aromatic carbocycles. The first-order chi connectivity index (χ1) is 13.3. The number of piperidine rings is 1. The zero-order valence-corrected chi connectivity index (χ0v) is 21.2. The second-order valence-electron chi connectivity index (χ2n) is 9.02. The molecule has 2 heterocycles. The van der Waals surface area contributed by atoms with Gasteiger partial charge in [0.25, 0.3) is 0 Å². The number of amides is 1. The number of hydrogen-bond donors (Lipinski definition) is 1. The minimum atomic E-state index is -0.465. The monoisotopic (exact) mass is 524 g/mol. The summed E-state index contributed by atoms with van der Waals surface area (Å²) < 4.78 is 11.1. The maximum atomic E-state index is 12.6. The van der Waals surface area contributed by atoms with Gasteiger partial charge in [0.2, 0.25) is 0 Å². The van der Waals surface area contributed by atoms with E-state index < -0.39 is 5.60 Å². The van der Waals surface area contributed by atoms with Gasteiger partial charge in [-0.15, -0.1) is 24.0 Å². The van der Waals surface area contributed by atoms with Gasteiger partial charge >= 0.3 is 6.09 Å². The van der Waals surface area contributed by atoms with Gasteiger partial charge in [0.05, 0.1) is 6.04 Å². The Balaban J connectivity index is 0.00000420. The van der Waals surface area contributed by atoms with Gasteiger partial charge in [-0.25, -0.2) is 4.79 Å². The summed E-state index contributed by atoms with van der Waals surface area (Å²) in [6, 6.07) is 0.143. The van der Waals surface area contributed by atoms with E-state index in [4.69, 9.17) is 9.47 Å². The van der Waals surface area contributed by atoms with Gasteiger partial charge in [-0.05, 0) is 65.2 Å². The van der Waals surface area contributed by atoms with Crippen LogP contribution in [0.15, 0.2) is 4.99 Å². The molecule has 0 aliphatic carbocycles. The highest BCUT2D eigenvalue weighted by atomic mass is 127. The number of hydrogen-bond acceptors (Lipinski definition) is 4. The number of carbonyl (C=O) groups excluding carboxylic acids is 1. The van der Waals surface area contributed by atoms with Crippen molar-refractivity contribution in [2.75, 3.05) is 46.9 Å². The quantitative estimate of drug-likeness (QED) is 0.338. The minimum Gasteiger partial charge on any atom is -0.444 e. The van der Waals surface area contributed by atoms with Crippen molar-refractivity contribution >= 4 is 36.0 Å². The third kappa shape index (κ3) is 9.27. The fourth-order valence-electron chi connectivity index (χ4n) is 3.88. The standard InChI is InChI=1S/C21H40N4O3.HI/c1-21(2,3)28-20(26)25-12-7-6-8-18(25)16-23-19(22-4)24(5)13-9-17-10-14-27-15-11-17;/h17-18H,6-16H2,1-5H3,(H,22,23);1H. The Labute approximate surface area is 194 Å². The van der Waals surface area contributed by atoms with Gasteiger partial charge < -0.3 is 24.6 Å². The van der Waals surface area contributed by atoms with Crippen LogP contribution in [0.4, 0.5) is 4.79 Å². The molecule has 0 saturated carbocycles. The number of nitrogens with one attached hydrogen (secondary N) is 1. The van der Waals surface area contributed by atoms with E-state index in [1.165, 1.54) is 0 Å². The first-order valence-corrected chi connectivity index (χ1v) is 10.8. The highest BCUT2D eigenvalue weighted by Gasteiger charge is 2.30. The van der Waals surface area contributed by atoms with Gasteiger partial charge in [-0.1, -0.05) is 0 Å². The van der Waals surface area contributed by atoms with Crippen LogP contribution in [-0.2, 0) is 9.47 Å². The molecular formula is C21H41IN4O3. The predicted molar refractivity (Wildman–Crippen MR) is 128 cm³/mol. The molecule has 8 heteroatoms. The van der Waals surface area contributed by atoms with Gasteiger partial charge in [-0.3, -0.25) is 4.99 Å². The molecule has 2 aliphatic rings. The highest BCUT2D eigenvalue weighted by Crippen LogP contribution is 2.21. The molecule has 170 valence electrons. The average Bonchev–Trinajstić information content (AvgIpc) is 2.66. The smallest absolute Gasteiger partial charge is 0.410 e. The minimum absolute atomic E-state index is 0. The van der Waals surface area contributed by atoms with E-state index in [0.29, 0.717) is 6.54 Å². The Bertz CT molecular complexity index is 519. The second-order valence-corrected chi connectivity index (χ2v) is 9.02. The van der Waals surface area contributed by atoms with E-state index in [0.717, 1.165) is 76.7 Å². The van der Waals surface area contributed by atoms with E-state index in [1.54, 1.807) is 0 Å². The lowest BCUT2D eigenvalue weighted by Gasteiger charge is -2.37. The van der Waals surface area contributed by atoms with E-state index in [-0.39, 0.29) is 36.1 Å². The molecule has 0 radical (unpaired) electrons. The zero-order valence-electron chi connectivity index (χ0n) is 18.9. The molecule has 0 aromatic rings. The van der Waals surface area contributed by atoms with Crippen molar-refractivity contribution in [3.63, 3.8) is 0 Å². The molecule has 2 saturated heterocycles. The molecule has 1 N–H and O–H groups in total. The molecule has 2 aliphatic heterocycles. The van der Waals surface area contributed by atoms with Crippen molar-refractivity contribution in [2.24, 2.45) is 10.9 Å². The topological polar surface area (TPSA) is 66.4 Å². The maximum Gasteiger partial charge on any atom is 0.410 e. The predicted octanol–water partition coefficient (Wildman–Crippen LogP) is 3.72. The first-order valence-electron chi connectivity index (χ1n) is 10.8. The maximum absolute atomic E-state index is 12.6. The lowest BCUT2D eigenvalue weighted by atomic mass is 9.96. The Morgan fingerprint density at radius 1 is 1.24 bits per heavy atom. The molecule has 2 rings (SSSR count). The number of likely N-dealkylation sites (tertiary alicyclic amines) is 1. The summed E-state index contributed by atoms with van der Waals surface area (Å²) in [5, 5.41) is 3.48. The third-order valence-electron chi connectivity index (χ3n) is 5.54. The van der Waals surface area contributed by atoms with Gasteiger partial charge in [0.1, 0.15) is 5.60 Å². The summed E-state index contributed by atoms with van der Waals surface area (Å²) in [6.07, 6.45) is 6.45. The van der Waals surface area contributed by atoms with Crippen LogP contribution in [0, 0.1) is 5.92 Å². The summed E-state index contributed by atoms with van der Waals surface area (Å²) in [5.41, 5.74) is -0.465. The van der Waals surface area contributed by atoms with Crippen LogP contribution >= 0.6 is 24.0 Å². The van der Waals surface area contributed by atoms with Crippen molar-refractivity contribution in [1.82, 2.24) is 15.1 Å². The van der Waals surface area contributed by atoms with Crippen molar-refractivity contribution in [1.29, 1.82) is 0 Å². The number of aliphatic imine (C=N–C) groups is 1. The number of rotatable bonds is 5. The van der Waals surface area contributed by atoms with Crippen LogP contribution in [0.25, 0.3) is 0 Å². The van der Waals surface area contributed by atoms with Crippen molar-refractivity contribution in [3.8, 4) is 0 Å². The largest absolute Gasteiger partial charge is 0.444 e. The molecule has 29 heavy (non-hydrogen) atoms. The normalized spacial score (nSPS) is 21.3. The molecule has 1 unspecified atom stereocenters. The number of guanidine groups is 1. The van der Waals surface area contributed by atoms with Crippen molar-refractivity contribution in [3.05, 3.63) is 0 Å². The molecule has 2 fully saturated rings. The van der Waals surface area contributed by atoms with Crippen molar-refractivity contribution < 1.29 is 14.3 Å². The van der Waals surface area contributed by atoms with Gasteiger partial charge in [-0.2, -0.15) is 0 Å². The summed E-state index contributed by atoms with van der Waals surface area (Å²) in [4.78, 5) is 21.1. The number of carbonyl (C=O) groups is 1.